The molecular formula is C27H24N2O4S. The van der Waals surface area contributed by atoms with Crippen molar-refractivity contribution in [2.24, 2.45) is 11.8 Å². The summed E-state index contributed by atoms with van der Waals surface area (Å²) in [5, 5.41) is 10.3. The van der Waals surface area contributed by atoms with Crippen molar-refractivity contribution in [2.45, 2.75) is 29.5 Å². The van der Waals surface area contributed by atoms with E-state index >= 15 is 0 Å². The second kappa shape index (κ2) is 9.35. The molecule has 172 valence electrons. The van der Waals surface area contributed by atoms with E-state index in [4.69, 9.17) is 0 Å². The van der Waals surface area contributed by atoms with E-state index in [9.17, 15) is 19.5 Å². The van der Waals surface area contributed by atoms with Crippen LogP contribution in [-0.2, 0) is 11.3 Å². The van der Waals surface area contributed by atoms with Gasteiger partial charge in [0, 0.05) is 16.7 Å². The molecule has 6 nitrogen and oxygen atoms in total. The molecule has 0 aliphatic heterocycles. The number of hydrogen-bond donors (Lipinski definition) is 2. The summed E-state index contributed by atoms with van der Waals surface area (Å²) in [6.45, 7) is 0.0972. The zero-order valence-corrected chi connectivity index (χ0v) is 19.2. The molecule has 1 heterocycles. The molecule has 1 aliphatic rings. The number of aromatic amines is 1. The lowest BCUT2D eigenvalue weighted by Crippen LogP contribution is -2.39. The average molecular weight is 473 g/mol. The van der Waals surface area contributed by atoms with Crippen LogP contribution in [0.25, 0.3) is 22.0 Å². The number of aliphatic carboxylic acids is 1. The minimum atomic E-state index is -0.883. The lowest BCUT2D eigenvalue weighted by molar-refractivity contribution is -0.142. The molecule has 0 saturated heterocycles. The third-order valence-electron chi connectivity index (χ3n) is 6.57. The third-order valence-corrected chi connectivity index (χ3v) is 7.95. The average Bonchev–Trinajstić information content (AvgIpc) is 3.25. The van der Waals surface area contributed by atoms with Crippen LogP contribution < -0.4 is 11.2 Å². The fourth-order valence-corrected chi connectivity index (χ4v) is 6.25. The maximum Gasteiger partial charge on any atom is 0.328 e. The monoisotopic (exact) mass is 472 g/mol. The predicted octanol–water partition coefficient (Wildman–Crippen LogP) is 4.63. The summed E-state index contributed by atoms with van der Waals surface area (Å²) in [5.74, 6) is -1.82. The number of aromatic nitrogens is 2. The standard InChI is InChI=1S/C27H24N2O4S/c30-25-21-8-4-5-9-22(21)28-27(33)29(25)16-19-12-15-23(24(19)26(31)32)34-20-13-10-18(11-14-20)17-6-2-1-3-7-17/h1-11,13-14,19,23-24H,12,15-16H2,(H,28,33)(H,31,32)/t19-,23-,24-/m0/s1. The van der Waals surface area contributed by atoms with E-state index < -0.39 is 17.6 Å². The summed E-state index contributed by atoms with van der Waals surface area (Å²) in [5.41, 5.74) is 1.85. The van der Waals surface area contributed by atoms with Gasteiger partial charge in [-0.3, -0.25) is 14.2 Å². The molecule has 0 unspecified atom stereocenters. The summed E-state index contributed by atoms with van der Waals surface area (Å²) in [4.78, 5) is 41.5. The SMILES string of the molecule is O=C(O)[C@H]1[C@H](Cn2c(=O)[nH]c3ccccc3c2=O)CC[C@@H]1Sc1ccc(-c2ccccc2)cc1. The van der Waals surface area contributed by atoms with Gasteiger partial charge in [0.15, 0.2) is 0 Å². The molecule has 0 spiro atoms. The number of fused-ring (bicyclic) bond motifs is 1. The van der Waals surface area contributed by atoms with E-state index in [-0.39, 0.29) is 23.3 Å². The van der Waals surface area contributed by atoms with Crippen molar-refractivity contribution >= 4 is 28.6 Å². The second-order valence-electron chi connectivity index (χ2n) is 8.64. The first-order valence-corrected chi connectivity index (χ1v) is 12.2. The molecule has 1 saturated carbocycles. The van der Waals surface area contributed by atoms with Crippen molar-refractivity contribution in [3.63, 3.8) is 0 Å². The van der Waals surface area contributed by atoms with Crippen LogP contribution in [0.1, 0.15) is 12.8 Å². The predicted molar refractivity (Wildman–Crippen MR) is 134 cm³/mol. The van der Waals surface area contributed by atoms with Gasteiger partial charge >= 0.3 is 11.7 Å². The molecule has 34 heavy (non-hydrogen) atoms. The van der Waals surface area contributed by atoms with Crippen LogP contribution in [0.15, 0.2) is 93.3 Å². The number of thioether (sulfide) groups is 1. The molecule has 5 rings (SSSR count). The van der Waals surface area contributed by atoms with Gasteiger partial charge in [-0.05, 0) is 54.2 Å². The lowest BCUT2D eigenvalue weighted by atomic mass is 9.96. The molecule has 1 aromatic heterocycles. The first-order chi connectivity index (χ1) is 16.5. The topological polar surface area (TPSA) is 92.2 Å². The maximum absolute atomic E-state index is 12.9. The molecule has 1 aliphatic carbocycles. The molecule has 0 bridgehead atoms. The summed E-state index contributed by atoms with van der Waals surface area (Å²) < 4.78 is 1.16. The van der Waals surface area contributed by atoms with Crippen LogP contribution in [0, 0.1) is 11.8 Å². The van der Waals surface area contributed by atoms with Crippen LogP contribution >= 0.6 is 11.8 Å². The van der Waals surface area contributed by atoms with Crippen LogP contribution in [0.4, 0.5) is 0 Å². The summed E-state index contributed by atoms with van der Waals surface area (Å²) in [6.07, 6.45) is 1.36. The highest BCUT2D eigenvalue weighted by Crippen LogP contribution is 2.43. The molecule has 0 amide bonds. The zero-order chi connectivity index (χ0) is 23.7. The largest absolute Gasteiger partial charge is 0.481 e. The van der Waals surface area contributed by atoms with Gasteiger partial charge < -0.3 is 10.1 Å². The number of H-pyrrole nitrogens is 1. The normalized spacial score (nSPS) is 19.9. The highest BCUT2D eigenvalue weighted by molar-refractivity contribution is 8.00. The van der Waals surface area contributed by atoms with E-state index in [2.05, 4.69) is 17.1 Å². The Balaban J connectivity index is 1.36. The van der Waals surface area contributed by atoms with Crippen LogP contribution in [-0.4, -0.2) is 25.9 Å². The molecule has 4 aromatic rings. The molecule has 1 fully saturated rings. The number of benzene rings is 3. The number of nitrogens with one attached hydrogen (secondary N) is 1. The van der Waals surface area contributed by atoms with E-state index in [1.54, 1.807) is 36.0 Å². The van der Waals surface area contributed by atoms with Crippen molar-refractivity contribution < 1.29 is 9.90 Å². The number of hydrogen-bond acceptors (Lipinski definition) is 4. The van der Waals surface area contributed by atoms with Crippen molar-refractivity contribution in [3.8, 4) is 11.1 Å². The van der Waals surface area contributed by atoms with Crippen molar-refractivity contribution in [2.75, 3.05) is 0 Å². The minimum absolute atomic E-state index is 0.0972. The first-order valence-electron chi connectivity index (χ1n) is 11.3. The zero-order valence-electron chi connectivity index (χ0n) is 18.4. The Labute approximate surface area is 200 Å². The second-order valence-corrected chi connectivity index (χ2v) is 9.95. The number of carboxylic acids is 1. The Hall–Kier alpha value is -3.58. The van der Waals surface area contributed by atoms with Gasteiger partial charge in [-0.15, -0.1) is 11.8 Å². The quantitative estimate of drug-likeness (QED) is 0.427. The minimum Gasteiger partial charge on any atom is -0.481 e. The van der Waals surface area contributed by atoms with Crippen molar-refractivity contribution in [1.82, 2.24) is 9.55 Å². The smallest absolute Gasteiger partial charge is 0.328 e. The fourth-order valence-electron chi connectivity index (χ4n) is 4.87. The van der Waals surface area contributed by atoms with Crippen LogP contribution in [0.2, 0.25) is 0 Å². The number of carbonyl (C=O) groups is 1. The van der Waals surface area contributed by atoms with Gasteiger partial charge in [-0.2, -0.15) is 0 Å². The van der Waals surface area contributed by atoms with Gasteiger partial charge in [-0.25, -0.2) is 4.79 Å². The molecular weight excluding hydrogens is 448 g/mol. The van der Waals surface area contributed by atoms with Gasteiger partial charge in [0.25, 0.3) is 5.56 Å². The lowest BCUT2D eigenvalue weighted by Gasteiger charge is -2.21. The highest BCUT2D eigenvalue weighted by atomic mass is 32.2. The summed E-state index contributed by atoms with van der Waals surface area (Å²) in [6, 6.07) is 25.1. The molecule has 3 aromatic carbocycles. The molecule has 3 atom stereocenters. The van der Waals surface area contributed by atoms with E-state index in [1.807, 2.05) is 42.5 Å². The van der Waals surface area contributed by atoms with E-state index in [0.29, 0.717) is 23.7 Å². The van der Waals surface area contributed by atoms with Gasteiger partial charge in [0.05, 0.1) is 16.8 Å². The molecule has 0 radical (unpaired) electrons. The Bertz CT molecular complexity index is 1440. The molecule has 7 heteroatoms. The number of carboxylic acid groups (broad SMARTS) is 1. The maximum atomic E-state index is 12.9. The fraction of sp³-hybridized carbons (Fsp3) is 0.222. The summed E-state index contributed by atoms with van der Waals surface area (Å²) in [7, 11) is 0. The number of rotatable bonds is 6. The van der Waals surface area contributed by atoms with Crippen molar-refractivity contribution in [3.05, 3.63) is 99.7 Å². The Morgan fingerprint density at radius 2 is 1.59 bits per heavy atom. The van der Waals surface area contributed by atoms with Gasteiger partial charge in [0.2, 0.25) is 0 Å². The number of para-hydroxylation sites is 1. The molecule has 2 N–H and O–H groups in total. The van der Waals surface area contributed by atoms with Gasteiger partial charge in [-0.1, -0.05) is 54.6 Å². The van der Waals surface area contributed by atoms with E-state index in [0.717, 1.165) is 20.6 Å². The third kappa shape index (κ3) is 4.31. The van der Waals surface area contributed by atoms with Gasteiger partial charge in [0.1, 0.15) is 0 Å². The van der Waals surface area contributed by atoms with Crippen LogP contribution in [0.3, 0.4) is 0 Å². The Kier molecular flexibility index (Phi) is 6.11. The Morgan fingerprint density at radius 3 is 2.32 bits per heavy atom. The number of nitrogens with zero attached hydrogens (tertiary/aromatic N) is 1. The highest BCUT2D eigenvalue weighted by Gasteiger charge is 2.42. The van der Waals surface area contributed by atoms with Crippen molar-refractivity contribution in [1.29, 1.82) is 0 Å². The summed E-state index contributed by atoms with van der Waals surface area (Å²) >= 11 is 1.56. The Morgan fingerprint density at radius 1 is 0.912 bits per heavy atom. The first kappa shape index (κ1) is 22.2. The van der Waals surface area contributed by atoms with E-state index in [1.165, 1.54) is 0 Å². The van der Waals surface area contributed by atoms with Crippen LogP contribution in [0.5, 0.6) is 0 Å².